The molecule has 2 aliphatic carbocycles. The van der Waals surface area contributed by atoms with Crippen molar-refractivity contribution in [3.05, 3.63) is 28.2 Å². The van der Waals surface area contributed by atoms with Crippen LogP contribution in [-0.2, 0) is 0 Å². The summed E-state index contributed by atoms with van der Waals surface area (Å²) in [7, 11) is 1.86. The molecule has 4 rings (SSSR count). The molecular weight excluding hydrogens is 431 g/mol. The van der Waals surface area contributed by atoms with Gasteiger partial charge in [0.15, 0.2) is 0 Å². The Balaban J connectivity index is 1.24. The molecule has 1 saturated heterocycles. The molecule has 172 valence electrons. The summed E-state index contributed by atoms with van der Waals surface area (Å²) in [5.41, 5.74) is 1.41. The van der Waals surface area contributed by atoms with Gasteiger partial charge in [0.1, 0.15) is 0 Å². The molecule has 1 aliphatic heterocycles. The van der Waals surface area contributed by atoms with Crippen molar-refractivity contribution >= 4 is 34.9 Å². The highest BCUT2D eigenvalue weighted by Gasteiger charge is 2.51. The van der Waals surface area contributed by atoms with Gasteiger partial charge in [-0.15, -0.1) is 0 Å². The molecule has 1 N–H and O–H groups in total. The van der Waals surface area contributed by atoms with Gasteiger partial charge in [-0.1, -0.05) is 29.3 Å². The largest absolute Gasteiger partial charge is 0.367 e. The first-order valence-corrected chi connectivity index (χ1v) is 12.6. The summed E-state index contributed by atoms with van der Waals surface area (Å²) in [6.45, 7) is 7.10. The Morgan fingerprint density at radius 2 is 1.94 bits per heavy atom. The van der Waals surface area contributed by atoms with Crippen LogP contribution in [0.1, 0.15) is 51.9 Å². The number of halogens is 2. The summed E-state index contributed by atoms with van der Waals surface area (Å²) < 4.78 is 0. The van der Waals surface area contributed by atoms with E-state index < -0.39 is 0 Å². The van der Waals surface area contributed by atoms with Gasteiger partial charge >= 0.3 is 6.03 Å². The Bertz CT molecular complexity index is 777. The minimum atomic E-state index is 0.0688. The van der Waals surface area contributed by atoms with Crippen molar-refractivity contribution in [3.8, 4) is 0 Å². The van der Waals surface area contributed by atoms with Crippen LogP contribution in [0.15, 0.2) is 18.2 Å². The maximum Gasteiger partial charge on any atom is 0.317 e. The Labute approximate surface area is 197 Å². The van der Waals surface area contributed by atoms with E-state index in [4.69, 9.17) is 23.2 Å². The van der Waals surface area contributed by atoms with E-state index in [-0.39, 0.29) is 6.03 Å². The number of carbonyl (C=O) groups is 1. The van der Waals surface area contributed by atoms with Gasteiger partial charge in [0.25, 0.3) is 0 Å². The lowest BCUT2D eigenvalue weighted by Crippen LogP contribution is -2.55. The summed E-state index contributed by atoms with van der Waals surface area (Å²) in [5.74, 6) is 0.785. The summed E-state index contributed by atoms with van der Waals surface area (Å²) in [5, 5.41) is 4.52. The van der Waals surface area contributed by atoms with Crippen LogP contribution in [-0.4, -0.2) is 67.2 Å². The van der Waals surface area contributed by atoms with Crippen molar-refractivity contribution in [2.75, 3.05) is 44.7 Å². The van der Waals surface area contributed by atoms with Gasteiger partial charge in [0.2, 0.25) is 0 Å². The van der Waals surface area contributed by atoms with Gasteiger partial charge < -0.3 is 15.1 Å². The number of benzene rings is 1. The van der Waals surface area contributed by atoms with Crippen LogP contribution in [0.5, 0.6) is 0 Å². The molecule has 5 nitrogen and oxygen atoms in total. The van der Waals surface area contributed by atoms with Crippen LogP contribution in [0.25, 0.3) is 0 Å². The van der Waals surface area contributed by atoms with Crippen LogP contribution >= 0.6 is 23.2 Å². The maximum atomic E-state index is 12.1. The molecule has 0 aromatic heterocycles. The van der Waals surface area contributed by atoms with Crippen LogP contribution in [0.2, 0.25) is 10.0 Å². The summed E-state index contributed by atoms with van der Waals surface area (Å²) in [6, 6.07) is 6.36. The summed E-state index contributed by atoms with van der Waals surface area (Å²) >= 11 is 12.7. The smallest absolute Gasteiger partial charge is 0.317 e. The first-order valence-electron chi connectivity index (χ1n) is 11.9. The highest BCUT2D eigenvalue weighted by molar-refractivity contribution is 6.43. The van der Waals surface area contributed by atoms with E-state index in [1.807, 2.05) is 26.1 Å². The number of piperazine rings is 1. The Hall–Kier alpha value is -1.17. The molecule has 31 heavy (non-hydrogen) atoms. The van der Waals surface area contributed by atoms with Gasteiger partial charge in [0, 0.05) is 44.8 Å². The number of urea groups is 1. The fraction of sp³-hybridized carbons (Fsp3) is 0.708. The number of amides is 2. The van der Waals surface area contributed by atoms with Crippen molar-refractivity contribution in [1.29, 1.82) is 0 Å². The van der Waals surface area contributed by atoms with E-state index in [1.54, 1.807) is 4.90 Å². The molecule has 0 radical (unpaired) electrons. The average molecular weight is 467 g/mol. The Kier molecular flexibility index (Phi) is 7.24. The molecule has 2 saturated carbocycles. The molecule has 0 unspecified atom stereocenters. The number of nitrogens with zero attached hydrogens (tertiary/aromatic N) is 3. The highest BCUT2D eigenvalue weighted by Crippen LogP contribution is 2.46. The Morgan fingerprint density at radius 1 is 1.19 bits per heavy atom. The predicted octanol–water partition coefficient (Wildman–Crippen LogP) is 5.26. The SMILES string of the molecule is CCN(C)C(=O)NC1CCC(CCN2CCN(c3cccc(Cl)c3Cl)CC23CC3)CC1. The molecule has 3 aliphatic rings. The predicted molar refractivity (Wildman–Crippen MR) is 129 cm³/mol. The Morgan fingerprint density at radius 3 is 2.61 bits per heavy atom. The molecule has 1 aromatic carbocycles. The van der Waals surface area contributed by atoms with Gasteiger partial charge in [-0.3, -0.25) is 4.90 Å². The van der Waals surface area contributed by atoms with Crippen molar-refractivity contribution in [1.82, 2.24) is 15.1 Å². The molecule has 1 spiro atoms. The molecule has 0 atom stereocenters. The molecule has 1 aromatic rings. The summed E-state index contributed by atoms with van der Waals surface area (Å²) in [6.07, 6.45) is 8.52. The molecular formula is C24H36Cl2N4O. The van der Waals surface area contributed by atoms with E-state index in [0.29, 0.717) is 21.6 Å². The van der Waals surface area contributed by atoms with Crippen LogP contribution in [0.4, 0.5) is 10.5 Å². The second-order valence-electron chi connectivity index (χ2n) is 9.68. The molecule has 3 fully saturated rings. The van der Waals surface area contributed by atoms with E-state index >= 15 is 0 Å². The number of hydrogen-bond donors (Lipinski definition) is 1. The minimum Gasteiger partial charge on any atom is -0.367 e. The third-order valence-corrected chi connectivity index (χ3v) is 8.51. The number of anilines is 1. The molecule has 7 heteroatoms. The zero-order valence-corrected chi connectivity index (χ0v) is 20.4. The van der Waals surface area contributed by atoms with Crippen molar-refractivity contribution < 1.29 is 4.79 Å². The minimum absolute atomic E-state index is 0.0688. The standard InChI is InChI=1S/C24H36Cl2N4O/c1-3-28(2)23(31)27-19-9-7-18(8-10-19)11-14-30-16-15-29(17-24(30)12-13-24)21-6-4-5-20(25)22(21)26/h4-6,18-19H,3,7-17H2,1-2H3,(H,27,31). The van der Waals surface area contributed by atoms with Crippen molar-refractivity contribution in [2.45, 2.75) is 63.5 Å². The van der Waals surface area contributed by atoms with Gasteiger partial charge in [0.05, 0.1) is 15.7 Å². The highest BCUT2D eigenvalue weighted by atomic mass is 35.5. The number of rotatable bonds is 6. The topological polar surface area (TPSA) is 38.8 Å². The average Bonchev–Trinajstić information content (AvgIpc) is 3.54. The first kappa shape index (κ1) is 23.0. The number of hydrogen-bond acceptors (Lipinski definition) is 3. The van der Waals surface area contributed by atoms with E-state index in [1.165, 1.54) is 38.6 Å². The summed E-state index contributed by atoms with van der Waals surface area (Å²) in [4.78, 5) is 19.0. The van der Waals surface area contributed by atoms with Gasteiger partial charge in [-0.25, -0.2) is 4.79 Å². The van der Waals surface area contributed by atoms with Crippen LogP contribution in [0, 0.1) is 5.92 Å². The zero-order chi connectivity index (χ0) is 22.0. The van der Waals surface area contributed by atoms with E-state index in [0.717, 1.165) is 50.6 Å². The zero-order valence-electron chi connectivity index (χ0n) is 18.9. The van der Waals surface area contributed by atoms with Gasteiger partial charge in [-0.2, -0.15) is 0 Å². The van der Waals surface area contributed by atoms with Crippen molar-refractivity contribution in [3.63, 3.8) is 0 Å². The lowest BCUT2D eigenvalue weighted by Gasteiger charge is -2.44. The van der Waals surface area contributed by atoms with Crippen molar-refractivity contribution in [2.24, 2.45) is 5.92 Å². The fourth-order valence-corrected chi connectivity index (χ4v) is 5.70. The monoisotopic (exact) mass is 466 g/mol. The second kappa shape index (κ2) is 9.76. The van der Waals surface area contributed by atoms with Crippen LogP contribution in [0.3, 0.4) is 0 Å². The first-order chi connectivity index (χ1) is 14.9. The molecule has 0 bridgehead atoms. The number of nitrogens with one attached hydrogen (secondary N) is 1. The molecule has 2 amide bonds. The normalized spacial score (nSPS) is 25.5. The third kappa shape index (κ3) is 5.26. The number of carbonyl (C=O) groups excluding carboxylic acids is 1. The lowest BCUT2D eigenvalue weighted by atomic mass is 9.84. The third-order valence-electron chi connectivity index (χ3n) is 7.70. The lowest BCUT2D eigenvalue weighted by molar-refractivity contribution is 0.138. The maximum absolute atomic E-state index is 12.1. The fourth-order valence-electron chi connectivity index (χ4n) is 5.29. The van der Waals surface area contributed by atoms with Gasteiger partial charge in [-0.05, 0) is 76.5 Å². The molecule has 1 heterocycles. The van der Waals surface area contributed by atoms with E-state index in [2.05, 4.69) is 21.2 Å². The quantitative estimate of drug-likeness (QED) is 0.621. The second-order valence-corrected chi connectivity index (χ2v) is 10.5. The van der Waals surface area contributed by atoms with Crippen LogP contribution < -0.4 is 10.2 Å². The van der Waals surface area contributed by atoms with E-state index in [9.17, 15) is 4.79 Å².